The number of hydrogen-bond donors (Lipinski definition) is 1. The van der Waals surface area contributed by atoms with Gasteiger partial charge in [-0.25, -0.2) is 0 Å². The minimum Gasteiger partial charge on any atom is -0.336 e. The van der Waals surface area contributed by atoms with Crippen molar-refractivity contribution >= 4 is 41.6 Å². The molecule has 0 atom stereocenters. The first-order valence-electron chi connectivity index (χ1n) is 7.72. The van der Waals surface area contributed by atoms with E-state index in [-0.39, 0.29) is 30.7 Å². The number of carbonyl (C=O) groups excluding carboxylic acids is 1. The van der Waals surface area contributed by atoms with Crippen molar-refractivity contribution in [3.63, 3.8) is 0 Å². The summed E-state index contributed by atoms with van der Waals surface area (Å²) in [5.74, 6) is 0.709. The quantitative estimate of drug-likeness (QED) is 0.902. The number of carbonyl (C=O) groups is 1. The van der Waals surface area contributed by atoms with E-state index in [0.717, 1.165) is 48.3 Å². The lowest BCUT2D eigenvalue weighted by Gasteiger charge is -2.28. The summed E-state index contributed by atoms with van der Waals surface area (Å²) < 4.78 is 0. The standard InChI is InChI=1S/C17H19N3O.2ClH/c21-17(20-9-7-18-8-10-20)14-11-16(12-5-6-12)19-15-4-2-1-3-13(14)15;;/h1-4,11-12,18H,5-10H2;2*1H. The maximum atomic E-state index is 12.9. The highest BCUT2D eigenvalue weighted by Gasteiger charge is 2.28. The van der Waals surface area contributed by atoms with Gasteiger partial charge in [0.2, 0.25) is 0 Å². The van der Waals surface area contributed by atoms with Gasteiger partial charge in [0.1, 0.15) is 0 Å². The van der Waals surface area contributed by atoms with Crippen LogP contribution in [0.3, 0.4) is 0 Å². The summed E-state index contributed by atoms with van der Waals surface area (Å²) in [6.07, 6.45) is 2.40. The SMILES string of the molecule is Cl.Cl.O=C(c1cc(C2CC2)nc2ccccc12)N1CCNCC1. The van der Waals surface area contributed by atoms with Crippen molar-refractivity contribution in [2.75, 3.05) is 26.2 Å². The first-order valence-corrected chi connectivity index (χ1v) is 7.72. The first kappa shape index (κ1) is 18.0. The van der Waals surface area contributed by atoms with Crippen molar-refractivity contribution in [3.05, 3.63) is 41.6 Å². The van der Waals surface area contributed by atoms with Crippen LogP contribution in [0, 0.1) is 0 Å². The molecule has 1 aromatic carbocycles. The molecule has 1 saturated carbocycles. The fourth-order valence-corrected chi connectivity index (χ4v) is 3.00. The zero-order valence-corrected chi connectivity index (χ0v) is 14.5. The maximum Gasteiger partial charge on any atom is 0.254 e. The van der Waals surface area contributed by atoms with E-state index < -0.39 is 0 Å². The topological polar surface area (TPSA) is 45.2 Å². The van der Waals surface area contributed by atoms with Crippen molar-refractivity contribution in [1.82, 2.24) is 15.2 Å². The van der Waals surface area contributed by atoms with Crippen LogP contribution in [0.1, 0.15) is 34.8 Å². The molecule has 2 aromatic rings. The fourth-order valence-electron chi connectivity index (χ4n) is 3.00. The van der Waals surface area contributed by atoms with Crippen LogP contribution in [0.4, 0.5) is 0 Å². The molecule has 1 aromatic heterocycles. The van der Waals surface area contributed by atoms with Crippen molar-refractivity contribution in [2.24, 2.45) is 0 Å². The number of nitrogens with zero attached hydrogens (tertiary/aromatic N) is 2. The Labute approximate surface area is 148 Å². The molecule has 1 aliphatic carbocycles. The summed E-state index contributed by atoms with van der Waals surface area (Å²) in [6.45, 7) is 3.33. The molecule has 2 heterocycles. The Morgan fingerprint density at radius 2 is 1.83 bits per heavy atom. The van der Waals surface area contributed by atoms with Crippen LogP contribution in [0.5, 0.6) is 0 Å². The monoisotopic (exact) mass is 353 g/mol. The van der Waals surface area contributed by atoms with Crippen LogP contribution in [0.25, 0.3) is 10.9 Å². The van der Waals surface area contributed by atoms with Crippen LogP contribution in [-0.4, -0.2) is 42.0 Å². The number of para-hydroxylation sites is 1. The van der Waals surface area contributed by atoms with E-state index in [1.54, 1.807) is 0 Å². The third-order valence-electron chi connectivity index (χ3n) is 4.37. The molecule has 0 bridgehead atoms. The molecular weight excluding hydrogens is 333 g/mol. The number of aromatic nitrogens is 1. The Morgan fingerprint density at radius 1 is 1.13 bits per heavy atom. The fraction of sp³-hybridized carbons (Fsp3) is 0.412. The molecule has 23 heavy (non-hydrogen) atoms. The zero-order chi connectivity index (χ0) is 14.2. The van der Waals surface area contributed by atoms with E-state index in [2.05, 4.69) is 5.32 Å². The average Bonchev–Trinajstić information content (AvgIpc) is 3.39. The van der Waals surface area contributed by atoms with E-state index in [1.807, 2.05) is 35.2 Å². The second kappa shape index (κ2) is 7.47. The van der Waals surface area contributed by atoms with Crippen LogP contribution < -0.4 is 5.32 Å². The van der Waals surface area contributed by atoms with Crippen molar-refractivity contribution in [2.45, 2.75) is 18.8 Å². The van der Waals surface area contributed by atoms with E-state index in [4.69, 9.17) is 4.98 Å². The predicted molar refractivity (Wildman–Crippen MR) is 97.0 cm³/mol. The summed E-state index contributed by atoms with van der Waals surface area (Å²) >= 11 is 0. The zero-order valence-electron chi connectivity index (χ0n) is 12.8. The summed E-state index contributed by atoms with van der Waals surface area (Å²) in [4.78, 5) is 19.6. The van der Waals surface area contributed by atoms with Crippen LogP contribution in [-0.2, 0) is 0 Å². The highest BCUT2D eigenvalue weighted by atomic mass is 35.5. The number of piperazine rings is 1. The van der Waals surface area contributed by atoms with Gasteiger partial charge in [-0.15, -0.1) is 24.8 Å². The smallest absolute Gasteiger partial charge is 0.254 e. The van der Waals surface area contributed by atoms with Crippen LogP contribution in [0.2, 0.25) is 0 Å². The van der Waals surface area contributed by atoms with Crippen molar-refractivity contribution in [3.8, 4) is 0 Å². The van der Waals surface area contributed by atoms with Gasteiger partial charge >= 0.3 is 0 Å². The Balaban J connectivity index is 0.000000960. The molecule has 4 rings (SSSR count). The summed E-state index contributed by atoms with van der Waals surface area (Å²) in [7, 11) is 0. The molecule has 1 N–H and O–H groups in total. The van der Waals surface area contributed by atoms with Gasteiger partial charge in [-0.1, -0.05) is 18.2 Å². The van der Waals surface area contributed by atoms with Gasteiger partial charge in [-0.05, 0) is 25.0 Å². The summed E-state index contributed by atoms with van der Waals surface area (Å²) in [5, 5.41) is 4.27. The Kier molecular flexibility index (Phi) is 5.84. The molecule has 0 radical (unpaired) electrons. The number of halogens is 2. The minimum atomic E-state index is 0. The van der Waals surface area contributed by atoms with Gasteiger partial charge < -0.3 is 10.2 Å². The highest BCUT2D eigenvalue weighted by Crippen LogP contribution is 2.40. The number of nitrogens with one attached hydrogen (secondary N) is 1. The van der Waals surface area contributed by atoms with Gasteiger partial charge in [0.05, 0.1) is 11.1 Å². The van der Waals surface area contributed by atoms with E-state index in [0.29, 0.717) is 5.92 Å². The van der Waals surface area contributed by atoms with Crippen molar-refractivity contribution in [1.29, 1.82) is 0 Å². The van der Waals surface area contributed by atoms with Gasteiger partial charge in [0, 0.05) is 43.2 Å². The third-order valence-corrected chi connectivity index (χ3v) is 4.37. The second-order valence-electron chi connectivity index (χ2n) is 5.93. The molecule has 124 valence electrons. The Bertz CT molecular complexity index is 697. The maximum absolute atomic E-state index is 12.9. The largest absolute Gasteiger partial charge is 0.336 e. The summed E-state index contributed by atoms with van der Waals surface area (Å²) in [6, 6.07) is 10.0. The number of fused-ring (bicyclic) bond motifs is 1. The van der Waals surface area contributed by atoms with Gasteiger partial charge in [-0.3, -0.25) is 9.78 Å². The molecule has 1 aliphatic heterocycles. The number of amides is 1. The number of hydrogen-bond acceptors (Lipinski definition) is 3. The molecule has 0 unspecified atom stereocenters. The molecule has 1 saturated heterocycles. The first-order chi connectivity index (χ1) is 10.3. The lowest BCUT2D eigenvalue weighted by Crippen LogP contribution is -2.46. The van der Waals surface area contributed by atoms with Crippen LogP contribution in [0.15, 0.2) is 30.3 Å². The minimum absolute atomic E-state index is 0. The van der Waals surface area contributed by atoms with E-state index >= 15 is 0 Å². The Hall–Kier alpha value is -1.36. The number of benzene rings is 1. The Morgan fingerprint density at radius 3 is 2.52 bits per heavy atom. The third kappa shape index (κ3) is 3.60. The second-order valence-corrected chi connectivity index (χ2v) is 5.93. The van der Waals surface area contributed by atoms with Gasteiger partial charge in [-0.2, -0.15) is 0 Å². The predicted octanol–water partition coefficient (Wildman–Crippen LogP) is 3.00. The number of pyridine rings is 1. The van der Waals surface area contributed by atoms with Crippen LogP contribution >= 0.6 is 24.8 Å². The van der Waals surface area contributed by atoms with Gasteiger partial charge in [0.25, 0.3) is 5.91 Å². The lowest BCUT2D eigenvalue weighted by molar-refractivity contribution is 0.0737. The number of rotatable bonds is 2. The molecule has 1 amide bonds. The van der Waals surface area contributed by atoms with Crippen molar-refractivity contribution < 1.29 is 4.79 Å². The summed E-state index contributed by atoms with van der Waals surface area (Å²) in [5.41, 5.74) is 2.86. The highest BCUT2D eigenvalue weighted by molar-refractivity contribution is 6.06. The van der Waals surface area contributed by atoms with Gasteiger partial charge in [0.15, 0.2) is 0 Å². The molecule has 0 spiro atoms. The normalized spacial score (nSPS) is 17.3. The molecule has 2 aliphatic rings. The lowest BCUT2D eigenvalue weighted by atomic mass is 10.0. The average molecular weight is 354 g/mol. The van der Waals surface area contributed by atoms with E-state index in [9.17, 15) is 4.79 Å². The van der Waals surface area contributed by atoms with E-state index in [1.165, 1.54) is 12.8 Å². The molecule has 4 nitrogen and oxygen atoms in total. The molecule has 6 heteroatoms. The molecule has 2 fully saturated rings. The molecular formula is C17H21Cl2N3O.